The van der Waals surface area contributed by atoms with Crippen molar-refractivity contribution in [1.29, 1.82) is 0 Å². The van der Waals surface area contributed by atoms with Gasteiger partial charge in [-0.25, -0.2) is 4.79 Å². The fraction of sp³-hybridized carbons (Fsp3) is 0.450. The molecule has 2 aliphatic rings. The molecule has 0 radical (unpaired) electrons. The highest BCUT2D eigenvalue weighted by Crippen LogP contribution is 2.24. The number of aliphatic hydroxyl groups is 1. The van der Waals surface area contributed by atoms with E-state index < -0.39 is 5.97 Å². The highest BCUT2D eigenvalue weighted by Gasteiger charge is 2.34. The molecule has 8 nitrogen and oxygen atoms in total. The number of methoxy groups -OCH3 is 1. The Hall–Kier alpha value is -2.87. The summed E-state index contributed by atoms with van der Waals surface area (Å²) in [6.45, 7) is 1.50. The lowest BCUT2D eigenvalue weighted by Gasteiger charge is -2.26. The lowest BCUT2D eigenvalue weighted by molar-refractivity contribution is -0.136. The minimum absolute atomic E-state index is 0.0369. The van der Waals surface area contributed by atoms with Crippen LogP contribution in [-0.4, -0.2) is 72.6 Å². The van der Waals surface area contributed by atoms with Gasteiger partial charge in [-0.1, -0.05) is 6.07 Å². The minimum atomic E-state index is -0.600. The zero-order valence-corrected chi connectivity index (χ0v) is 15.9. The third-order valence-corrected chi connectivity index (χ3v) is 4.98. The van der Waals surface area contributed by atoms with Gasteiger partial charge in [0, 0.05) is 30.9 Å². The van der Waals surface area contributed by atoms with Gasteiger partial charge in [0.05, 0.1) is 25.8 Å². The van der Waals surface area contributed by atoms with Crippen LogP contribution in [0.2, 0.25) is 0 Å². The van der Waals surface area contributed by atoms with Gasteiger partial charge in [-0.3, -0.25) is 9.59 Å². The van der Waals surface area contributed by atoms with E-state index in [9.17, 15) is 14.4 Å². The Morgan fingerprint density at radius 3 is 2.64 bits per heavy atom. The molecule has 8 heteroatoms. The third-order valence-electron chi connectivity index (χ3n) is 4.98. The normalized spacial score (nSPS) is 17.1. The van der Waals surface area contributed by atoms with E-state index in [-0.39, 0.29) is 42.8 Å². The first-order chi connectivity index (χ1) is 13.5. The quantitative estimate of drug-likeness (QED) is 0.706. The average Bonchev–Trinajstić information content (AvgIpc) is 3.03. The number of anilines is 1. The standard InChI is InChI=1S/C20H25N3O5/c1-28-20(27)16-13-23(10-11-24)19(26)17(16)21-15-7-5-6-14(12-15)18(25)22-8-3-2-4-9-22/h5-7,12,21,24H,2-4,8-11,13H2,1H3. The van der Waals surface area contributed by atoms with E-state index in [4.69, 9.17) is 9.84 Å². The van der Waals surface area contributed by atoms with Crippen LogP contribution < -0.4 is 5.32 Å². The number of amides is 2. The van der Waals surface area contributed by atoms with Gasteiger partial charge in [-0.05, 0) is 37.5 Å². The van der Waals surface area contributed by atoms with Crippen molar-refractivity contribution in [2.24, 2.45) is 0 Å². The number of esters is 1. The predicted octanol–water partition coefficient (Wildman–Crippen LogP) is 0.986. The van der Waals surface area contributed by atoms with E-state index in [1.54, 1.807) is 24.3 Å². The van der Waals surface area contributed by atoms with E-state index in [0.717, 1.165) is 32.4 Å². The number of nitrogens with one attached hydrogen (secondary N) is 1. The predicted molar refractivity (Wildman–Crippen MR) is 103 cm³/mol. The smallest absolute Gasteiger partial charge is 0.337 e. The summed E-state index contributed by atoms with van der Waals surface area (Å²) in [5.41, 5.74) is 1.39. The van der Waals surface area contributed by atoms with Crippen LogP contribution in [0.3, 0.4) is 0 Å². The van der Waals surface area contributed by atoms with Gasteiger partial charge in [0.25, 0.3) is 11.8 Å². The van der Waals surface area contributed by atoms with E-state index in [0.29, 0.717) is 11.3 Å². The second-order valence-electron chi connectivity index (χ2n) is 6.85. The van der Waals surface area contributed by atoms with Crippen LogP contribution in [0.15, 0.2) is 35.5 Å². The molecule has 0 unspecified atom stereocenters. The number of β-amino-alcohol motifs (C(OH)–C–C–N with tert-alkyl or cyclic N) is 1. The first kappa shape index (κ1) is 19.9. The summed E-state index contributed by atoms with van der Waals surface area (Å²) in [5.74, 6) is -1.02. The van der Waals surface area contributed by atoms with Crippen LogP contribution in [0.5, 0.6) is 0 Å². The number of piperidine rings is 1. The topological polar surface area (TPSA) is 99.2 Å². The molecule has 1 fully saturated rings. The summed E-state index contributed by atoms with van der Waals surface area (Å²) in [6, 6.07) is 6.90. The van der Waals surface area contributed by atoms with Gasteiger partial charge in [0.15, 0.2) is 0 Å². The summed E-state index contributed by atoms with van der Waals surface area (Å²) in [7, 11) is 1.25. The van der Waals surface area contributed by atoms with Gasteiger partial charge < -0.3 is 25.0 Å². The molecule has 3 rings (SSSR count). The number of likely N-dealkylation sites (tertiary alicyclic amines) is 1. The Labute approximate surface area is 163 Å². The molecule has 1 aromatic rings. The van der Waals surface area contributed by atoms with Crippen molar-refractivity contribution in [2.75, 3.05) is 45.2 Å². The molecule has 0 aliphatic carbocycles. The van der Waals surface area contributed by atoms with Gasteiger partial charge in [-0.15, -0.1) is 0 Å². The molecule has 2 N–H and O–H groups in total. The molecule has 0 spiro atoms. The Balaban J connectivity index is 1.82. The maximum Gasteiger partial charge on any atom is 0.337 e. The zero-order chi connectivity index (χ0) is 20.1. The van der Waals surface area contributed by atoms with E-state index >= 15 is 0 Å². The first-order valence-corrected chi connectivity index (χ1v) is 9.43. The first-order valence-electron chi connectivity index (χ1n) is 9.43. The van der Waals surface area contributed by atoms with Crippen LogP contribution in [0.25, 0.3) is 0 Å². The number of benzene rings is 1. The highest BCUT2D eigenvalue weighted by molar-refractivity contribution is 6.08. The molecule has 0 aromatic heterocycles. The molecule has 1 aromatic carbocycles. The second-order valence-corrected chi connectivity index (χ2v) is 6.85. The largest absolute Gasteiger partial charge is 0.466 e. The summed E-state index contributed by atoms with van der Waals surface area (Å²) < 4.78 is 4.78. The average molecular weight is 387 g/mol. The fourth-order valence-electron chi connectivity index (χ4n) is 3.50. The minimum Gasteiger partial charge on any atom is -0.466 e. The van der Waals surface area contributed by atoms with Crippen molar-refractivity contribution in [2.45, 2.75) is 19.3 Å². The zero-order valence-electron chi connectivity index (χ0n) is 15.9. The van der Waals surface area contributed by atoms with Crippen LogP contribution in [0, 0.1) is 0 Å². The number of carbonyl (C=O) groups is 3. The van der Waals surface area contributed by atoms with Crippen molar-refractivity contribution < 1.29 is 24.2 Å². The molecule has 0 atom stereocenters. The van der Waals surface area contributed by atoms with Crippen LogP contribution in [0.4, 0.5) is 5.69 Å². The summed E-state index contributed by atoms with van der Waals surface area (Å²) in [4.78, 5) is 40.6. The van der Waals surface area contributed by atoms with Crippen molar-refractivity contribution in [3.63, 3.8) is 0 Å². The Bertz CT molecular complexity index is 799. The maximum absolute atomic E-state index is 12.7. The number of aliphatic hydroxyl groups excluding tert-OH is 1. The SMILES string of the molecule is COC(=O)C1=C(Nc2cccc(C(=O)N3CCCCC3)c2)C(=O)N(CCO)C1. The van der Waals surface area contributed by atoms with E-state index in [1.165, 1.54) is 12.0 Å². The van der Waals surface area contributed by atoms with E-state index in [1.807, 2.05) is 4.90 Å². The molecular formula is C20H25N3O5. The van der Waals surface area contributed by atoms with Crippen molar-refractivity contribution in [1.82, 2.24) is 9.80 Å². The Morgan fingerprint density at radius 2 is 1.96 bits per heavy atom. The van der Waals surface area contributed by atoms with Gasteiger partial charge in [0.2, 0.25) is 0 Å². The molecule has 2 aliphatic heterocycles. The third kappa shape index (κ3) is 4.17. The van der Waals surface area contributed by atoms with Crippen molar-refractivity contribution in [3.8, 4) is 0 Å². The Morgan fingerprint density at radius 1 is 1.21 bits per heavy atom. The number of hydrogen-bond acceptors (Lipinski definition) is 6. The summed E-state index contributed by atoms with van der Waals surface area (Å²) >= 11 is 0. The van der Waals surface area contributed by atoms with Crippen LogP contribution >= 0.6 is 0 Å². The summed E-state index contributed by atoms with van der Waals surface area (Å²) in [5, 5.41) is 12.1. The van der Waals surface area contributed by atoms with Crippen molar-refractivity contribution >= 4 is 23.5 Å². The molecule has 0 saturated carbocycles. The molecule has 0 bridgehead atoms. The number of carbonyl (C=O) groups excluding carboxylic acids is 3. The second kappa shape index (κ2) is 8.88. The van der Waals surface area contributed by atoms with Gasteiger partial charge in [0.1, 0.15) is 5.70 Å². The van der Waals surface area contributed by atoms with Crippen molar-refractivity contribution in [3.05, 3.63) is 41.1 Å². The lowest BCUT2D eigenvalue weighted by Crippen LogP contribution is -2.35. The number of ether oxygens (including phenoxy) is 1. The molecule has 1 saturated heterocycles. The summed E-state index contributed by atoms with van der Waals surface area (Å²) in [6.07, 6.45) is 3.16. The van der Waals surface area contributed by atoms with Gasteiger partial charge in [-0.2, -0.15) is 0 Å². The molecule has 28 heavy (non-hydrogen) atoms. The van der Waals surface area contributed by atoms with Crippen LogP contribution in [-0.2, 0) is 14.3 Å². The monoisotopic (exact) mass is 387 g/mol. The maximum atomic E-state index is 12.7. The number of rotatable bonds is 6. The molecular weight excluding hydrogens is 362 g/mol. The number of hydrogen-bond donors (Lipinski definition) is 2. The highest BCUT2D eigenvalue weighted by atomic mass is 16.5. The number of nitrogens with zero attached hydrogens (tertiary/aromatic N) is 2. The Kier molecular flexibility index (Phi) is 6.30. The van der Waals surface area contributed by atoms with Gasteiger partial charge >= 0.3 is 5.97 Å². The van der Waals surface area contributed by atoms with Crippen LogP contribution in [0.1, 0.15) is 29.6 Å². The molecule has 150 valence electrons. The lowest BCUT2D eigenvalue weighted by atomic mass is 10.1. The van der Waals surface area contributed by atoms with E-state index in [2.05, 4.69) is 5.32 Å². The molecule has 2 amide bonds. The fourth-order valence-corrected chi connectivity index (χ4v) is 3.50. The molecule has 2 heterocycles.